The molecule has 0 aliphatic heterocycles. The third-order valence-electron chi connectivity index (χ3n) is 10.0. The van der Waals surface area contributed by atoms with E-state index in [-0.39, 0.29) is 56.2 Å². The van der Waals surface area contributed by atoms with E-state index in [4.69, 9.17) is 16.6 Å². The third-order valence-corrected chi connectivity index (χ3v) is 11.2. The number of unbranched alkanes of at least 4 members (excludes halogenated alkanes) is 2. The van der Waals surface area contributed by atoms with Crippen molar-refractivity contribution < 1.29 is 74.6 Å². The number of primary amides is 1. The zero-order valence-electron chi connectivity index (χ0n) is 45.3. The molecule has 0 radical (unpaired) electrons. The first-order valence-corrected chi connectivity index (χ1v) is 27.4. The van der Waals surface area contributed by atoms with Crippen LogP contribution in [0.15, 0.2) is 36.8 Å². The van der Waals surface area contributed by atoms with Gasteiger partial charge in [-0.2, -0.15) is 0 Å². The van der Waals surface area contributed by atoms with Crippen molar-refractivity contribution in [1.29, 1.82) is 0 Å². The molecule has 0 bridgehead atoms. The maximum atomic E-state index is 14.1. The molecule has 0 aliphatic rings. The molecule has 21 nitrogen and oxygen atoms in total. The van der Waals surface area contributed by atoms with Gasteiger partial charge in [-0.25, -0.2) is 31.3 Å². The summed E-state index contributed by atoms with van der Waals surface area (Å²) in [6.07, 6.45) is 8.59. The summed E-state index contributed by atoms with van der Waals surface area (Å²) in [4.78, 5) is 113. The Morgan fingerprint density at radius 2 is 1.32 bits per heavy atom. The number of carbonyl (C=O) groups excluding carboxylic acids is 9. The predicted octanol–water partition coefficient (Wildman–Crippen LogP) is 2.11. The minimum Gasteiger partial charge on any atom is -0.400 e. The van der Waals surface area contributed by atoms with E-state index in [1.54, 1.807) is 13.0 Å². The summed E-state index contributed by atoms with van der Waals surface area (Å²) in [5.74, 6) is -11.6. The number of likely N-dealkylation sites (N-methyl/N-ethyl adjacent to an activating group) is 2. The minimum atomic E-state index is -2.13. The molecule has 3 aromatic rings. The van der Waals surface area contributed by atoms with E-state index in [9.17, 15) is 69.5 Å². The Balaban J connectivity index is -0.00000108. The van der Waals surface area contributed by atoms with Gasteiger partial charge in [0.25, 0.3) is 0 Å². The van der Waals surface area contributed by atoms with Gasteiger partial charge in [0.1, 0.15) is 30.2 Å². The Kier molecular flexibility index (Phi) is 44.6. The Labute approximate surface area is 457 Å². The average molecular weight is 1190 g/mol. The first-order chi connectivity index (χ1) is 37.1. The van der Waals surface area contributed by atoms with Crippen LogP contribution in [0.2, 0.25) is 11.1 Å². The Morgan fingerprint density at radius 3 is 1.79 bits per heavy atom. The number of aldehydes is 1. The molecule has 3 rings (SSSR count). The summed E-state index contributed by atoms with van der Waals surface area (Å²) in [6, 6.07) is 2.72. The number of nitrogens with two attached hydrogens (primary N) is 2. The third kappa shape index (κ3) is 32.6. The SMILES string of the molecule is CCCCC(=O)N[C@@H](CCC=O)C(=O)NCC(=O)NCC.CCCCN.CC[Se]C.CN(C(=O)CNC(=O)[C@H](Cc1ccccc1F)NC(=O)CNC=O)C(Cc1cnc[nH]1)C(N)=O.CO.Cc1c(F)c(F)c(F)c(F)c1F. The van der Waals surface area contributed by atoms with E-state index < -0.39 is 94.7 Å². The number of aliphatic hydroxyl groups excluding tert-OH is 1. The molecule has 0 aliphatic carbocycles. The Morgan fingerprint density at radius 1 is 0.769 bits per heavy atom. The van der Waals surface area contributed by atoms with Crippen molar-refractivity contribution in [3.05, 3.63) is 88.5 Å². The average Bonchev–Trinajstić information content (AvgIpc) is 3.96. The molecule has 78 heavy (non-hydrogen) atoms. The van der Waals surface area contributed by atoms with E-state index in [0.717, 1.165) is 53.3 Å². The fraction of sp³-hybridized carbons (Fsp3) is 0.520. The number of aromatic nitrogens is 2. The van der Waals surface area contributed by atoms with Crippen LogP contribution in [0.1, 0.15) is 89.5 Å². The van der Waals surface area contributed by atoms with Gasteiger partial charge < -0.3 is 63.2 Å². The van der Waals surface area contributed by atoms with Crippen LogP contribution in [0, 0.1) is 41.8 Å². The summed E-state index contributed by atoms with van der Waals surface area (Å²) >= 11 is 0.917. The van der Waals surface area contributed by atoms with E-state index in [0.29, 0.717) is 31.4 Å². The number of nitrogens with zero attached hydrogens (tertiary/aromatic N) is 2. The molecule has 28 heteroatoms. The molecule has 1 aromatic heterocycles. The first-order valence-electron chi connectivity index (χ1n) is 24.5. The maximum Gasteiger partial charge on any atom is 0.243 e. The number of H-pyrrole nitrogens is 1. The summed E-state index contributed by atoms with van der Waals surface area (Å²) in [5, 5.41) is 22.9. The monoisotopic (exact) mass is 1190 g/mol. The van der Waals surface area contributed by atoms with Crippen LogP contribution < -0.4 is 43.4 Å². The van der Waals surface area contributed by atoms with Crippen molar-refractivity contribution in [2.75, 3.05) is 46.9 Å². The van der Waals surface area contributed by atoms with Crippen LogP contribution in [-0.4, -0.2) is 154 Å². The number of amides is 8. The number of halogens is 6. The number of hydrogen-bond acceptors (Lipinski definition) is 12. The van der Waals surface area contributed by atoms with Gasteiger partial charge in [-0.15, -0.1) is 0 Å². The quantitative estimate of drug-likeness (QED) is 0.0173. The van der Waals surface area contributed by atoms with Crippen LogP contribution >= 0.6 is 0 Å². The molecule has 440 valence electrons. The number of aliphatic hydroxyl groups is 1. The number of nitrogens with one attached hydrogen (secondary N) is 7. The van der Waals surface area contributed by atoms with Crippen LogP contribution in [0.4, 0.5) is 26.3 Å². The number of rotatable bonds is 27. The van der Waals surface area contributed by atoms with Gasteiger partial charge in [-0.05, 0) is 51.3 Å². The molecule has 0 saturated heterocycles. The number of aromatic amines is 1. The van der Waals surface area contributed by atoms with E-state index in [2.05, 4.69) is 61.5 Å². The van der Waals surface area contributed by atoms with Crippen molar-refractivity contribution in [3.63, 3.8) is 0 Å². The summed E-state index contributed by atoms with van der Waals surface area (Å²) < 4.78 is 75.7. The zero-order valence-corrected chi connectivity index (χ0v) is 47.0. The number of benzene rings is 2. The first kappa shape index (κ1) is 75.3. The molecule has 0 saturated carbocycles. The smallest absolute Gasteiger partial charge is 0.243 e. The molecule has 0 spiro atoms. The van der Waals surface area contributed by atoms with Gasteiger partial charge >= 0.3 is 33.0 Å². The molecular formula is C50H77F6N11O10Se. The summed E-state index contributed by atoms with van der Waals surface area (Å²) in [5.41, 5.74) is 10.4. The normalized spacial score (nSPS) is 11.0. The molecular weight excluding hydrogens is 1110 g/mol. The molecule has 12 N–H and O–H groups in total. The molecule has 1 heterocycles. The van der Waals surface area contributed by atoms with Crippen molar-refractivity contribution >= 4 is 69.0 Å². The van der Waals surface area contributed by atoms with Gasteiger partial charge in [0, 0.05) is 63.8 Å². The van der Waals surface area contributed by atoms with Gasteiger partial charge in [-0.3, -0.25) is 38.4 Å². The number of imidazole rings is 1. The fourth-order valence-corrected chi connectivity index (χ4v) is 5.67. The topological polar surface area (TPSA) is 330 Å². The van der Waals surface area contributed by atoms with Crippen molar-refractivity contribution in [3.8, 4) is 0 Å². The second-order valence-electron chi connectivity index (χ2n) is 15.9. The molecule has 2 aromatic carbocycles. The van der Waals surface area contributed by atoms with Crippen LogP contribution in [0.3, 0.4) is 0 Å². The van der Waals surface area contributed by atoms with Crippen LogP contribution in [0.25, 0.3) is 0 Å². The number of hydrogen-bond donors (Lipinski definition) is 10. The molecule has 0 fully saturated rings. The zero-order chi connectivity index (χ0) is 60.2. The van der Waals surface area contributed by atoms with Crippen LogP contribution in [-0.2, 0) is 56.0 Å². The van der Waals surface area contributed by atoms with Gasteiger partial charge in [0.05, 0.1) is 26.0 Å². The standard InChI is InChI=1S/C21H26FN7O5.C14H25N3O4.C7H3F5.C4H11N.C3H8Se.CH4O/c1-29(17(20(23)33)7-14-8-24-11-27-14)19(32)10-26-21(34)16(28-18(31)9-25-12-30)6-13-4-2-3-5-15(13)22;1-3-5-8-12(19)17-11(7-6-9-18)14(21)16-10-13(20)15-4-2;1-2-3(8)5(10)7(12)6(11)4(2)9;1-2-3-4-5;1-3-4-2;1-2/h2-5,8,11-12,16-17H,6-7,9-10H2,1H3,(H2,23,33)(H,24,27)(H,25,30)(H,26,34)(H,28,31);9,11H,3-8,10H2,1-2H3,(H,15,20)(H,16,21)(H,17,19);1H3;2-5H2,1H3;3H2,1-2H3;2H,1H3/t16-,17?;11-;;;;/m00..../s1. The van der Waals surface area contributed by atoms with E-state index in [1.165, 1.54) is 55.9 Å². The molecule has 1 unspecified atom stereocenters. The van der Waals surface area contributed by atoms with E-state index >= 15 is 0 Å². The summed E-state index contributed by atoms with van der Waals surface area (Å²) in [6.45, 7) is 9.20. The van der Waals surface area contributed by atoms with Gasteiger partial charge in [0.2, 0.25) is 53.6 Å². The maximum absolute atomic E-state index is 14.1. The van der Waals surface area contributed by atoms with Crippen molar-refractivity contribution in [1.82, 2.24) is 46.8 Å². The predicted molar refractivity (Wildman–Crippen MR) is 281 cm³/mol. The Hall–Kier alpha value is -6.90. The molecule has 8 amide bonds. The summed E-state index contributed by atoms with van der Waals surface area (Å²) in [7, 11) is 2.37. The van der Waals surface area contributed by atoms with Gasteiger partial charge in [-0.1, -0.05) is 44.9 Å². The molecule has 3 atom stereocenters. The van der Waals surface area contributed by atoms with E-state index in [1.807, 2.05) is 6.92 Å². The Bertz CT molecular complexity index is 2150. The number of carbonyl (C=O) groups is 9. The second kappa shape index (κ2) is 46.2. The minimum absolute atomic E-state index is 0.0984. The fourth-order valence-electron chi connectivity index (χ4n) is 5.67. The van der Waals surface area contributed by atoms with Crippen LogP contribution in [0.5, 0.6) is 0 Å². The second-order valence-corrected chi connectivity index (χ2v) is 18.3. The van der Waals surface area contributed by atoms with Crippen molar-refractivity contribution in [2.45, 2.75) is 122 Å². The largest absolute Gasteiger partial charge is 0.400 e. The van der Waals surface area contributed by atoms with Crippen molar-refractivity contribution in [2.24, 2.45) is 11.5 Å². The van der Waals surface area contributed by atoms with Gasteiger partial charge in [0.15, 0.2) is 23.3 Å².